The Morgan fingerprint density at radius 3 is 2.62 bits per heavy atom. The molecule has 1 amide bonds. The van der Waals surface area contributed by atoms with Crippen molar-refractivity contribution < 1.29 is 4.79 Å². The lowest BCUT2D eigenvalue weighted by Gasteiger charge is -2.25. The van der Waals surface area contributed by atoms with E-state index in [-0.39, 0.29) is 18.3 Å². The monoisotopic (exact) mass is 490 g/mol. The summed E-state index contributed by atoms with van der Waals surface area (Å²) < 4.78 is 0. The van der Waals surface area contributed by atoms with Gasteiger partial charge in [0.05, 0.1) is 16.1 Å². The molecule has 0 unspecified atom stereocenters. The molecule has 0 saturated carbocycles. The van der Waals surface area contributed by atoms with E-state index >= 15 is 0 Å². The number of hydrogen-bond acceptors (Lipinski definition) is 4. The van der Waals surface area contributed by atoms with Crippen LogP contribution >= 0.6 is 35.6 Å². The highest BCUT2D eigenvalue weighted by atomic mass is 35.5. The second-order valence-corrected chi connectivity index (χ2v) is 9.15. The number of nitrogens with zero attached hydrogens (tertiary/aromatic N) is 4. The van der Waals surface area contributed by atoms with Crippen LogP contribution in [0.1, 0.15) is 22.3 Å². The van der Waals surface area contributed by atoms with Crippen LogP contribution in [0.4, 0.5) is 11.4 Å². The third kappa shape index (κ3) is 4.27. The number of fused-ring (bicyclic) bond motifs is 2. The van der Waals surface area contributed by atoms with Gasteiger partial charge in [0, 0.05) is 54.2 Å². The van der Waals surface area contributed by atoms with Gasteiger partial charge in [0.1, 0.15) is 0 Å². The van der Waals surface area contributed by atoms with Gasteiger partial charge in [-0.25, -0.2) is 0 Å². The van der Waals surface area contributed by atoms with Crippen LogP contribution in [0.5, 0.6) is 0 Å². The lowest BCUT2D eigenvalue weighted by Crippen LogP contribution is -2.29. The van der Waals surface area contributed by atoms with Crippen LogP contribution in [-0.4, -0.2) is 55.6 Å². The molecule has 3 aromatic rings. The van der Waals surface area contributed by atoms with E-state index in [4.69, 9.17) is 23.2 Å². The standard InChI is InChI=1S/C24H24Cl2N4O.ClH/c1-28-8-2-9-29(12-11-28)22-5-7-27-21-13-16-6-10-30(23(16)15-19(21)22)24(31)18-4-3-17(25)14-20(18)26;/h3-5,7,13-15H,2,6,8-12H2,1H3;1H. The molecule has 0 radical (unpaired) electrons. The summed E-state index contributed by atoms with van der Waals surface area (Å²) in [6.07, 6.45) is 3.83. The number of anilines is 2. The average Bonchev–Trinajstić information content (AvgIpc) is 3.04. The zero-order chi connectivity index (χ0) is 21.5. The fourth-order valence-corrected chi connectivity index (χ4v) is 5.09. The summed E-state index contributed by atoms with van der Waals surface area (Å²) in [7, 11) is 2.17. The molecule has 1 saturated heterocycles. The van der Waals surface area contributed by atoms with Gasteiger partial charge in [0.2, 0.25) is 0 Å². The predicted octanol–water partition coefficient (Wildman–Crippen LogP) is 5.31. The van der Waals surface area contributed by atoms with E-state index < -0.39 is 0 Å². The molecule has 1 fully saturated rings. The fraction of sp³-hybridized carbons (Fsp3) is 0.333. The number of likely N-dealkylation sites (N-methyl/N-ethyl adjacent to an activating group) is 1. The van der Waals surface area contributed by atoms with Crippen LogP contribution in [0.15, 0.2) is 42.6 Å². The van der Waals surface area contributed by atoms with Crippen LogP contribution in [0, 0.1) is 0 Å². The van der Waals surface area contributed by atoms with Gasteiger partial charge < -0.3 is 14.7 Å². The zero-order valence-electron chi connectivity index (χ0n) is 17.9. The summed E-state index contributed by atoms with van der Waals surface area (Å²) in [5.74, 6) is -0.0957. The highest BCUT2D eigenvalue weighted by Crippen LogP contribution is 2.37. The maximum atomic E-state index is 13.3. The molecule has 0 spiro atoms. The van der Waals surface area contributed by atoms with Crippen molar-refractivity contribution in [2.45, 2.75) is 12.8 Å². The van der Waals surface area contributed by atoms with Crippen molar-refractivity contribution in [1.82, 2.24) is 9.88 Å². The molecule has 2 aliphatic rings. The molecule has 1 aromatic heterocycles. The van der Waals surface area contributed by atoms with E-state index in [9.17, 15) is 4.79 Å². The van der Waals surface area contributed by atoms with Gasteiger partial charge in [0.25, 0.3) is 5.91 Å². The number of hydrogen-bond donors (Lipinski definition) is 0. The number of carbonyl (C=O) groups excluding carboxylic acids is 1. The predicted molar refractivity (Wildman–Crippen MR) is 135 cm³/mol. The Hall–Kier alpha value is -2.05. The quantitative estimate of drug-likeness (QED) is 0.487. The Labute approximate surface area is 204 Å². The van der Waals surface area contributed by atoms with Crippen molar-refractivity contribution in [3.63, 3.8) is 0 Å². The number of rotatable bonds is 2. The van der Waals surface area contributed by atoms with Crippen LogP contribution in [-0.2, 0) is 6.42 Å². The van der Waals surface area contributed by atoms with Gasteiger partial charge in [-0.3, -0.25) is 9.78 Å². The molecule has 32 heavy (non-hydrogen) atoms. The lowest BCUT2D eigenvalue weighted by atomic mass is 10.1. The first-order valence-electron chi connectivity index (χ1n) is 10.6. The maximum Gasteiger partial charge on any atom is 0.259 e. The molecule has 8 heteroatoms. The second-order valence-electron chi connectivity index (χ2n) is 8.30. The molecule has 5 rings (SSSR count). The van der Waals surface area contributed by atoms with Crippen molar-refractivity contribution in [3.05, 3.63) is 63.8 Å². The van der Waals surface area contributed by atoms with Crippen molar-refractivity contribution in [3.8, 4) is 0 Å². The minimum absolute atomic E-state index is 0. The number of amides is 1. The molecule has 168 valence electrons. The molecule has 2 aromatic carbocycles. The normalized spacial score (nSPS) is 16.6. The molecule has 3 heterocycles. The average molecular weight is 492 g/mol. The van der Waals surface area contributed by atoms with Crippen molar-refractivity contribution in [1.29, 1.82) is 0 Å². The number of pyridine rings is 1. The molecule has 0 bridgehead atoms. The maximum absolute atomic E-state index is 13.3. The molecule has 0 atom stereocenters. The van der Waals surface area contributed by atoms with E-state index in [2.05, 4.69) is 40.0 Å². The third-order valence-electron chi connectivity index (χ3n) is 6.28. The Balaban J connectivity index is 0.00000245. The van der Waals surface area contributed by atoms with E-state index in [0.29, 0.717) is 22.2 Å². The largest absolute Gasteiger partial charge is 0.370 e. The van der Waals surface area contributed by atoms with E-state index in [1.54, 1.807) is 18.2 Å². The molecule has 0 aliphatic carbocycles. The van der Waals surface area contributed by atoms with Crippen LogP contribution in [0.2, 0.25) is 10.0 Å². The first kappa shape index (κ1) is 23.1. The van der Waals surface area contributed by atoms with Crippen molar-refractivity contribution >= 4 is 63.8 Å². The Morgan fingerprint density at radius 2 is 1.81 bits per heavy atom. The third-order valence-corrected chi connectivity index (χ3v) is 6.83. The Bertz CT molecular complexity index is 1170. The van der Waals surface area contributed by atoms with Gasteiger partial charge >= 0.3 is 0 Å². The topological polar surface area (TPSA) is 39.7 Å². The highest BCUT2D eigenvalue weighted by molar-refractivity contribution is 6.37. The summed E-state index contributed by atoms with van der Waals surface area (Å²) in [5.41, 5.74) is 4.73. The minimum Gasteiger partial charge on any atom is -0.370 e. The van der Waals surface area contributed by atoms with E-state index in [1.807, 2.05) is 11.1 Å². The van der Waals surface area contributed by atoms with Crippen LogP contribution < -0.4 is 9.80 Å². The van der Waals surface area contributed by atoms with Gasteiger partial charge in [-0.05, 0) is 68.4 Å². The summed E-state index contributed by atoms with van der Waals surface area (Å²) in [5, 5.41) is 1.99. The first-order chi connectivity index (χ1) is 15.0. The molecule has 0 N–H and O–H groups in total. The molecule has 5 nitrogen and oxygen atoms in total. The summed E-state index contributed by atoms with van der Waals surface area (Å²) in [4.78, 5) is 24.6. The lowest BCUT2D eigenvalue weighted by molar-refractivity contribution is 0.0989. The molecular weight excluding hydrogens is 467 g/mol. The highest BCUT2D eigenvalue weighted by Gasteiger charge is 2.28. The number of aromatic nitrogens is 1. The molecule has 2 aliphatic heterocycles. The van der Waals surface area contributed by atoms with Gasteiger partial charge in [0.15, 0.2) is 0 Å². The minimum atomic E-state index is -0.0957. The van der Waals surface area contributed by atoms with Gasteiger partial charge in [-0.2, -0.15) is 0 Å². The van der Waals surface area contributed by atoms with Gasteiger partial charge in [-0.15, -0.1) is 12.4 Å². The van der Waals surface area contributed by atoms with Gasteiger partial charge in [-0.1, -0.05) is 23.2 Å². The van der Waals surface area contributed by atoms with Crippen molar-refractivity contribution in [2.75, 3.05) is 49.6 Å². The number of carbonyl (C=O) groups is 1. The second kappa shape index (κ2) is 9.44. The fourth-order valence-electron chi connectivity index (χ4n) is 4.60. The van der Waals surface area contributed by atoms with E-state index in [0.717, 1.165) is 61.2 Å². The zero-order valence-corrected chi connectivity index (χ0v) is 20.2. The van der Waals surface area contributed by atoms with Crippen LogP contribution in [0.3, 0.4) is 0 Å². The van der Waals surface area contributed by atoms with Crippen molar-refractivity contribution in [2.24, 2.45) is 0 Å². The number of benzene rings is 2. The SMILES string of the molecule is CN1CCCN(c2ccnc3cc4c(cc23)N(C(=O)c2ccc(Cl)cc2Cl)CC4)CC1.Cl. The van der Waals surface area contributed by atoms with E-state index in [1.165, 1.54) is 5.69 Å². The Morgan fingerprint density at radius 1 is 0.969 bits per heavy atom. The summed E-state index contributed by atoms with van der Waals surface area (Å²) >= 11 is 12.3. The Kier molecular flexibility index (Phi) is 6.82. The smallest absolute Gasteiger partial charge is 0.259 e. The van der Waals surface area contributed by atoms with Crippen LogP contribution in [0.25, 0.3) is 10.9 Å². The number of halogens is 3. The first-order valence-corrected chi connectivity index (χ1v) is 11.4. The summed E-state index contributed by atoms with van der Waals surface area (Å²) in [6.45, 7) is 4.78. The summed E-state index contributed by atoms with van der Waals surface area (Å²) in [6, 6.07) is 11.4. The molecular formula is C24H25Cl3N4O.